The molecule has 1 atom stereocenters. The Kier molecular flexibility index (Phi) is 9.04. The first-order valence-corrected chi connectivity index (χ1v) is 7.43. The van der Waals surface area contributed by atoms with Gasteiger partial charge >= 0.3 is 0 Å². The predicted molar refractivity (Wildman–Crippen MR) is 82.2 cm³/mol. The Morgan fingerprint density at radius 3 is 2.65 bits per heavy atom. The van der Waals surface area contributed by atoms with E-state index < -0.39 is 6.10 Å². The number of benzene rings is 1. The molecule has 0 aliphatic heterocycles. The summed E-state index contributed by atoms with van der Waals surface area (Å²) in [5, 5.41) is 13.1. The second kappa shape index (κ2) is 10.7. The van der Waals surface area contributed by atoms with E-state index in [0.717, 1.165) is 18.5 Å². The van der Waals surface area contributed by atoms with Crippen LogP contribution in [-0.4, -0.2) is 44.2 Å². The highest BCUT2D eigenvalue weighted by molar-refractivity contribution is 5.51. The molecule has 2 N–H and O–H groups in total. The smallest absolute Gasteiger partial charge is 0.0945 e. The van der Waals surface area contributed by atoms with Gasteiger partial charge in [-0.05, 0) is 25.0 Å². The highest BCUT2D eigenvalue weighted by Crippen LogP contribution is 2.16. The van der Waals surface area contributed by atoms with Gasteiger partial charge in [-0.25, -0.2) is 0 Å². The molecule has 0 saturated heterocycles. The Balaban J connectivity index is 2.24. The van der Waals surface area contributed by atoms with Crippen molar-refractivity contribution in [1.82, 2.24) is 0 Å². The van der Waals surface area contributed by atoms with E-state index in [1.807, 2.05) is 25.1 Å². The van der Waals surface area contributed by atoms with Crippen LogP contribution in [-0.2, 0) is 15.9 Å². The van der Waals surface area contributed by atoms with Crippen molar-refractivity contribution >= 4 is 5.69 Å². The van der Waals surface area contributed by atoms with Gasteiger partial charge in [-0.2, -0.15) is 0 Å². The summed E-state index contributed by atoms with van der Waals surface area (Å²) in [6.45, 7) is 6.74. The molecule has 114 valence electrons. The Morgan fingerprint density at radius 1 is 1.15 bits per heavy atom. The summed E-state index contributed by atoms with van der Waals surface area (Å²) in [7, 11) is 0. The van der Waals surface area contributed by atoms with Crippen LogP contribution in [0.15, 0.2) is 24.3 Å². The van der Waals surface area contributed by atoms with E-state index in [-0.39, 0.29) is 0 Å². The summed E-state index contributed by atoms with van der Waals surface area (Å²) in [5.41, 5.74) is 2.39. The summed E-state index contributed by atoms with van der Waals surface area (Å²) < 4.78 is 10.5. The molecular weight excluding hydrogens is 254 g/mol. The molecule has 0 heterocycles. The molecule has 0 amide bonds. The van der Waals surface area contributed by atoms with E-state index in [2.05, 4.69) is 18.3 Å². The van der Waals surface area contributed by atoms with Crippen LogP contribution < -0.4 is 5.32 Å². The number of aliphatic hydroxyl groups excluding tert-OH is 1. The average Bonchev–Trinajstić information content (AvgIpc) is 2.46. The highest BCUT2D eigenvalue weighted by atomic mass is 16.5. The lowest BCUT2D eigenvalue weighted by molar-refractivity contribution is 0.0103. The SMILES string of the molecule is CCCc1ccccc1NCC(O)COCCOCC. The lowest BCUT2D eigenvalue weighted by atomic mass is 10.1. The Hall–Kier alpha value is -1.10. The number of anilines is 1. The van der Waals surface area contributed by atoms with Gasteiger partial charge in [-0.3, -0.25) is 0 Å². The van der Waals surface area contributed by atoms with Gasteiger partial charge in [0, 0.05) is 18.8 Å². The normalized spacial score (nSPS) is 12.3. The molecule has 20 heavy (non-hydrogen) atoms. The van der Waals surface area contributed by atoms with Crippen molar-refractivity contribution < 1.29 is 14.6 Å². The molecule has 4 nitrogen and oxygen atoms in total. The zero-order chi connectivity index (χ0) is 14.6. The van der Waals surface area contributed by atoms with Gasteiger partial charge in [0.1, 0.15) is 0 Å². The molecular formula is C16H27NO3. The van der Waals surface area contributed by atoms with Crippen LogP contribution in [0.4, 0.5) is 5.69 Å². The van der Waals surface area contributed by atoms with Crippen molar-refractivity contribution in [2.75, 3.05) is 38.3 Å². The average molecular weight is 281 g/mol. The number of nitrogens with one attached hydrogen (secondary N) is 1. The predicted octanol–water partition coefficient (Wildman–Crippen LogP) is 2.47. The van der Waals surface area contributed by atoms with Gasteiger partial charge in [0.25, 0.3) is 0 Å². The maximum atomic E-state index is 9.86. The fraction of sp³-hybridized carbons (Fsp3) is 0.625. The number of hydrogen-bond donors (Lipinski definition) is 2. The molecule has 0 aliphatic carbocycles. The minimum absolute atomic E-state index is 0.329. The number of aliphatic hydroxyl groups is 1. The monoisotopic (exact) mass is 281 g/mol. The van der Waals surface area contributed by atoms with Gasteiger partial charge in [0.15, 0.2) is 0 Å². The third-order valence-corrected chi connectivity index (χ3v) is 2.95. The lowest BCUT2D eigenvalue weighted by Gasteiger charge is -2.15. The highest BCUT2D eigenvalue weighted by Gasteiger charge is 2.06. The maximum absolute atomic E-state index is 9.86. The molecule has 0 fully saturated rings. The molecule has 4 heteroatoms. The van der Waals surface area contributed by atoms with Crippen LogP contribution in [0.5, 0.6) is 0 Å². The Labute approximate surface area is 122 Å². The van der Waals surface area contributed by atoms with Crippen LogP contribution in [0.25, 0.3) is 0 Å². The standard InChI is InChI=1S/C16H27NO3/c1-3-7-14-8-5-6-9-16(14)17-12-15(18)13-20-11-10-19-4-2/h5-6,8-9,15,17-18H,3-4,7,10-13H2,1-2H3. The molecule has 0 saturated carbocycles. The molecule has 0 aromatic heterocycles. The number of rotatable bonds is 11. The molecule has 1 rings (SSSR count). The Morgan fingerprint density at radius 2 is 1.90 bits per heavy atom. The topological polar surface area (TPSA) is 50.7 Å². The first-order chi connectivity index (χ1) is 9.77. The fourth-order valence-electron chi connectivity index (χ4n) is 1.95. The molecule has 0 radical (unpaired) electrons. The number of aryl methyl sites for hydroxylation is 1. The van der Waals surface area contributed by atoms with Crippen molar-refractivity contribution in [3.05, 3.63) is 29.8 Å². The van der Waals surface area contributed by atoms with Crippen molar-refractivity contribution in [2.45, 2.75) is 32.8 Å². The molecule has 1 aromatic rings. The number of hydrogen-bond acceptors (Lipinski definition) is 4. The van der Waals surface area contributed by atoms with Crippen LogP contribution >= 0.6 is 0 Å². The zero-order valence-corrected chi connectivity index (χ0v) is 12.6. The molecule has 0 aliphatic rings. The fourth-order valence-corrected chi connectivity index (χ4v) is 1.95. The van der Waals surface area contributed by atoms with Crippen molar-refractivity contribution in [3.63, 3.8) is 0 Å². The maximum Gasteiger partial charge on any atom is 0.0945 e. The van der Waals surface area contributed by atoms with Crippen LogP contribution in [0.2, 0.25) is 0 Å². The number of ether oxygens (including phenoxy) is 2. The van der Waals surface area contributed by atoms with Crippen LogP contribution in [0.1, 0.15) is 25.8 Å². The molecule has 1 aromatic carbocycles. The summed E-state index contributed by atoms with van der Waals surface area (Å²) >= 11 is 0. The molecule has 0 bridgehead atoms. The molecule has 1 unspecified atom stereocenters. The Bertz CT molecular complexity index is 357. The van der Waals surface area contributed by atoms with E-state index in [1.165, 1.54) is 5.56 Å². The van der Waals surface area contributed by atoms with Crippen LogP contribution in [0.3, 0.4) is 0 Å². The quantitative estimate of drug-likeness (QED) is 0.612. The molecule has 0 spiro atoms. The first-order valence-electron chi connectivity index (χ1n) is 7.43. The summed E-state index contributed by atoms with van der Waals surface area (Å²) in [5.74, 6) is 0. The van der Waals surface area contributed by atoms with E-state index >= 15 is 0 Å². The second-order valence-corrected chi connectivity index (χ2v) is 4.71. The van der Waals surface area contributed by atoms with Crippen molar-refractivity contribution in [1.29, 1.82) is 0 Å². The largest absolute Gasteiger partial charge is 0.389 e. The van der Waals surface area contributed by atoms with Gasteiger partial charge < -0.3 is 19.9 Å². The van der Waals surface area contributed by atoms with Crippen molar-refractivity contribution in [2.24, 2.45) is 0 Å². The van der Waals surface area contributed by atoms with E-state index in [0.29, 0.717) is 33.0 Å². The van der Waals surface area contributed by atoms with Crippen molar-refractivity contribution in [3.8, 4) is 0 Å². The van der Waals surface area contributed by atoms with Gasteiger partial charge in [0.05, 0.1) is 25.9 Å². The van der Waals surface area contributed by atoms with E-state index in [1.54, 1.807) is 0 Å². The second-order valence-electron chi connectivity index (χ2n) is 4.71. The lowest BCUT2D eigenvalue weighted by Crippen LogP contribution is -2.26. The van der Waals surface area contributed by atoms with Crippen LogP contribution in [0, 0.1) is 0 Å². The minimum atomic E-state index is -0.508. The van der Waals surface area contributed by atoms with E-state index in [4.69, 9.17) is 9.47 Å². The summed E-state index contributed by atoms with van der Waals surface area (Å²) in [4.78, 5) is 0. The third kappa shape index (κ3) is 6.89. The minimum Gasteiger partial charge on any atom is -0.389 e. The summed E-state index contributed by atoms with van der Waals surface area (Å²) in [6, 6.07) is 8.22. The van der Waals surface area contributed by atoms with E-state index in [9.17, 15) is 5.11 Å². The van der Waals surface area contributed by atoms with Gasteiger partial charge in [-0.15, -0.1) is 0 Å². The zero-order valence-electron chi connectivity index (χ0n) is 12.6. The van der Waals surface area contributed by atoms with Gasteiger partial charge in [0.2, 0.25) is 0 Å². The van der Waals surface area contributed by atoms with Gasteiger partial charge in [-0.1, -0.05) is 31.5 Å². The first kappa shape index (κ1) is 17.0. The summed E-state index contributed by atoms with van der Waals surface area (Å²) in [6.07, 6.45) is 1.65. The number of para-hydroxylation sites is 1. The third-order valence-electron chi connectivity index (χ3n) is 2.95.